The molecule has 2 fully saturated rings. The van der Waals surface area contributed by atoms with Crippen LogP contribution in [-0.2, 0) is 6.54 Å². The molecule has 19 heavy (non-hydrogen) atoms. The van der Waals surface area contributed by atoms with E-state index in [0.29, 0.717) is 10.5 Å². The zero-order chi connectivity index (χ0) is 13.4. The fraction of sp³-hybridized carbons (Fsp3) is 0.600. The van der Waals surface area contributed by atoms with E-state index in [1.54, 1.807) is 6.07 Å². The Kier molecular flexibility index (Phi) is 3.92. The molecule has 104 valence electrons. The van der Waals surface area contributed by atoms with Crippen molar-refractivity contribution in [2.45, 2.75) is 37.9 Å². The maximum atomic E-state index is 13.6. The molecule has 0 aliphatic carbocycles. The zero-order valence-electron chi connectivity index (χ0n) is 11.3. The van der Waals surface area contributed by atoms with Gasteiger partial charge in [-0.3, -0.25) is 9.80 Å². The van der Waals surface area contributed by atoms with Crippen LogP contribution in [0.1, 0.15) is 24.8 Å². The molecule has 2 unspecified atom stereocenters. The fourth-order valence-corrected chi connectivity index (χ4v) is 3.82. The van der Waals surface area contributed by atoms with Crippen molar-refractivity contribution in [2.75, 3.05) is 20.1 Å². The van der Waals surface area contributed by atoms with Crippen molar-refractivity contribution in [1.29, 1.82) is 0 Å². The van der Waals surface area contributed by atoms with E-state index in [2.05, 4.69) is 32.8 Å². The molecule has 2 aliphatic heterocycles. The molecule has 4 heteroatoms. The van der Waals surface area contributed by atoms with E-state index in [4.69, 9.17) is 0 Å². The molecule has 1 aromatic rings. The van der Waals surface area contributed by atoms with Gasteiger partial charge in [0.25, 0.3) is 0 Å². The first-order chi connectivity index (χ1) is 9.15. The van der Waals surface area contributed by atoms with Gasteiger partial charge in [0.2, 0.25) is 0 Å². The second-order valence-corrected chi connectivity index (χ2v) is 6.58. The zero-order valence-corrected chi connectivity index (χ0v) is 12.9. The largest absolute Gasteiger partial charge is 0.299 e. The molecule has 0 spiro atoms. The van der Waals surface area contributed by atoms with Crippen LogP contribution in [0.4, 0.5) is 4.39 Å². The summed E-state index contributed by atoms with van der Waals surface area (Å²) in [6.07, 6.45) is 3.89. The first-order valence-electron chi connectivity index (χ1n) is 7.02. The monoisotopic (exact) mass is 326 g/mol. The van der Waals surface area contributed by atoms with E-state index in [1.165, 1.54) is 25.3 Å². The van der Waals surface area contributed by atoms with Gasteiger partial charge in [-0.2, -0.15) is 0 Å². The third-order valence-corrected chi connectivity index (χ3v) is 5.55. The molecule has 0 aromatic heterocycles. The Morgan fingerprint density at radius 1 is 1.26 bits per heavy atom. The van der Waals surface area contributed by atoms with Crippen LogP contribution in [0.5, 0.6) is 0 Å². The minimum absolute atomic E-state index is 0.161. The van der Waals surface area contributed by atoms with Gasteiger partial charge in [-0.05, 0) is 53.9 Å². The lowest BCUT2D eigenvalue weighted by atomic mass is 10.1. The number of likely N-dealkylation sites (tertiary alicyclic amines) is 1. The highest BCUT2D eigenvalue weighted by Crippen LogP contribution is 2.30. The number of fused-ring (bicyclic) bond motifs is 2. The van der Waals surface area contributed by atoms with Crippen LogP contribution >= 0.6 is 15.9 Å². The van der Waals surface area contributed by atoms with Crippen LogP contribution < -0.4 is 0 Å². The van der Waals surface area contributed by atoms with Gasteiger partial charge < -0.3 is 0 Å². The smallest absolute Gasteiger partial charge is 0.137 e. The summed E-state index contributed by atoms with van der Waals surface area (Å²) in [4.78, 5) is 5.01. The first kappa shape index (κ1) is 13.5. The van der Waals surface area contributed by atoms with E-state index >= 15 is 0 Å². The van der Waals surface area contributed by atoms with Gasteiger partial charge in [-0.25, -0.2) is 4.39 Å². The number of halogens is 2. The van der Waals surface area contributed by atoms with Gasteiger partial charge in [0.05, 0.1) is 4.47 Å². The lowest BCUT2D eigenvalue weighted by Gasteiger charge is -2.26. The van der Waals surface area contributed by atoms with Gasteiger partial charge in [0.1, 0.15) is 5.82 Å². The SMILES string of the molecule is CN1C2CCC1CN(Cc1cccc(F)c1Br)CC2. The normalized spacial score (nSPS) is 28.6. The second-order valence-electron chi connectivity index (χ2n) is 5.79. The summed E-state index contributed by atoms with van der Waals surface area (Å²) in [6, 6.07) is 6.75. The highest BCUT2D eigenvalue weighted by molar-refractivity contribution is 9.10. The molecule has 0 radical (unpaired) electrons. The molecule has 0 amide bonds. The van der Waals surface area contributed by atoms with Crippen LogP contribution in [0.15, 0.2) is 22.7 Å². The van der Waals surface area contributed by atoms with Crippen molar-refractivity contribution in [3.05, 3.63) is 34.1 Å². The van der Waals surface area contributed by atoms with Crippen LogP contribution in [0, 0.1) is 5.82 Å². The van der Waals surface area contributed by atoms with Crippen LogP contribution in [0.3, 0.4) is 0 Å². The van der Waals surface area contributed by atoms with Crippen LogP contribution in [0.2, 0.25) is 0 Å². The lowest BCUT2D eigenvalue weighted by molar-refractivity contribution is 0.214. The van der Waals surface area contributed by atoms with Crippen molar-refractivity contribution in [3.8, 4) is 0 Å². The summed E-state index contributed by atoms with van der Waals surface area (Å²) in [7, 11) is 2.25. The highest BCUT2D eigenvalue weighted by Gasteiger charge is 2.34. The summed E-state index contributed by atoms with van der Waals surface area (Å²) < 4.78 is 14.2. The Hall–Kier alpha value is -0.450. The molecule has 0 N–H and O–H groups in total. The first-order valence-corrected chi connectivity index (χ1v) is 7.81. The molecule has 2 bridgehead atoms. The third kappa shape index (κ3) is 2.71. The standard InChI is InChI=1S/C15H20BrFN2/c1-18-12-5-6-13(18)10-19(8-7-12)9-11-3-2-4-14(17)15(11)16/h2-4,12-13H,5-10H2,1H3. The number of hydrogen-bond donors (Lipinski definition) is 0. The predicted molar refractivity (Wildman–Crippen MR) is 78.6 cm³/mol. The van der Waals surface area contributed by atoms with Gasteiger partial charge in [-0.1, -0.05) is 12.1 Å². The lowest BCUT2D eigenvalue weighted by Crippen LogP contribution is -2.36. The molecule has 2 aliphatic rings. The van der Waals surface area contributed by atoms with Gasteiger partial charge in [0, 0.05) is 31.7 Å². The molecule has 2 atom stereocenters. The van der Waals surface area contributed by atoms with Crippen molar-refractivity contribution in [1.82, 2.24) is 9.80 Å². The summed E-state index contributed by atoms with van der Waals surface area (Å²) in [5.74, 6) is -0.161. The van der Waals surface area contributed by atoms with E-state index in [-0.39, 0.29) is 5.82 Å². The molecule has 3 rings (SSSR count). The van der Waals surface area contributed by atoms with Crippen molar-refractivity contribution in [3.63, 3.8) is 0 Å². The summed E-state index contributed by atoms with van der Waals surface area (Å²) >= 11 is 3.37. The van der Waals surface area contributed by atoms with E-state index in [9.17, 15) is 4.39 Å². The second kappa shape index (κ2) is 5.51. The molecule has 2 saturated heterocycles. The summed E-state index contributed by atoms with van der Waals surface area (Å²) in [6.45, 7) is 3.07. The van der Waals surface area contributed by atoms with Crippen LogP contribution in [0.25, 0.3) is 0 Å². The summed E-state index contributed by atoms with van der Waals surface area (Å²) in [5.41, 5.74) is 1.06. The topological polar surface area (TPSA) is 6.48 Å². The molecule has 0 saturated carbocycles. The van der Waals surface area contributed by atoms with E-state index in [0.717, 1.165) is 31.2 Å². The van der Waals surface area contributed by atoms with Crippen molar-refractivity contribution in [2.24, 2.45) is 0 Å². The molecule has 2 nitrogen and oxygen atoms in total. The third-order valence-electron chi connectivity index (χ3n) is 4.66. The number of likely N-dealkylation sites (N-methyl/N-ethyl adjacent to an activating group) is 1. The minimum atomic E-state index is -0.161. The Morgan fingerprint density at radius 3 is 2.89 bits per heavy atom. The van der Waals surface area contributed by atoms with Crippen molar-refractivity contribution >= 4 is 15.9 Å². The number of benzene rings is 1. The molecular formula is C15H20BrFN2. The van der Waals surface area contributed by atoms with Gasteiger partial charge >= 0.3 is 0 Å². The average molecular weight is 327 g/mol. The number of rotatable bonds is 2. The maximum Gasteiger partial charge on any atom is 0.137 e. The van der Waals surface area contributed by atoms with Crippen molar-refractivity contribution < 1.29 is 4.39 Å². The highest BCUT2D eigenvalue weighted by atomic mass is 79.9. The molecular weight excluding hydrogens is 307 g/mol. The summed E-state index contributed by atoms with van der Waals surface area (Å²) in [5, 5.41) is 0. The number of nitrogens with zero attached hydrogens (tertiary/aromatic N) is 2. The molecule has 2 heterocycles. The quantitative estimate of drug-likeness (QED) is 0.823. The fourth-order valence-electron chi connectivity index (χ4n) is 3.43. The van der Waals surface area contributed by atoms with Gasteiger partial charge in [-0.15, -0.1) is 0 Å². The Bertz CT molecular complexity index is 465. The minimum Gasteiger partial charge on any atom is -0.299 e. The average Bonchev–Trinajstić information content (AvgIpc) is 2.63. The van der Waals surface area contributed by atoms with E-state index in [1.807, 2.05) is 6.07 Å². The Labute approximate surface area is 122 Å². The van der Waals surface area contributed by atoms with Crippen LogP contribution in [-0.4, -0.2) is 42.0 Å². The Balaban J connectivity index is 1.72. The Morgan fingerprint density at radius 2 is 2.05 bits per heavy atom. The van der Waals surface area contributed by atoms with E-state index < -0.39 is 0 Å². The predicted octanol–water partition coefficient (Wildman–Crippen LogP) is 3.26. The maximum absolute atomic E-state index is 13.6. The van der Waals surface area contributed by atoms with Gasteiger partial charge in [0.15, 0.2) is 0 Å². The molecule has 1 aromatic carbocycles. The number of hydrogen-bond acceptors (Lipinski definition) is 2.